The van der Waals surface area contributed by atoms with E-state index < -0.39 is 0 Å². The van der Waals surface area contributed by atoms with Crippen molar-refractivity contribution in [3.05, 3.63) is 64.1 Å². The van der Waals surface area contributed by atoms with Gasteiger partial charge in [-0.2, -0.15) is 0 Å². The minimum Gasteiger partial charge on any atom is -0.322 e. The second kappa shape index (κ2) is 9.25. The van der Waals surface area contributed by atoms with Crippen LogP contribution in [0.2, 0.25) is 0 Å². The van der Waals surface area contributed by atoms with Gasteiger partial charge in [-0.05, 0) is 43.4 Å². The molecule has 2 aromatic rings. The van der Waals surface area contributed by atoms with Crippen LogP contribution in [-0.2, 0) is 17.6 Å². The van der Waals surface area contributed by atoms with Crippen LogP contribution >= 0.6 is 11.3 Å². The molecule has 4 rings (SSSR count). The lowest BCUT2D eigenvalue weighted by atomic mass is 9.97. The normalized spacial score (nSPS) is 20.6. The summed E-state index contributed by atoms with van der Waals surface area (Å²) in [5, 5.41) is 3.85. The Morgan fingerprint density at radius 3 is 2.60 bits per heavy atom. The fourth-order valence-electron chi connectivity index (χ4n) is 4.63. The Bertz CT molecular complexity index is 957. The molecule has 1 amide bonds. The van der Waals surface area contributed by atoms with Gasteiger partial charge < -0.3 is 15.1 Å². The highest BCUT2D eigenvalue weighted by Crippen LogP contribution is 2.40. The molecular formula is C24H31N3O2S+2. The number of carbonyl (C=O) groups excluding carboxylic acids is 2. The molecule has 1 aromatic heterocycles. The zero-order chi connectivity index (χ0) is 21.1. The number of thiophene rings is 1. The maximum Gasteiger partial charge on any atom is 0.280 e. The maximum atomic E-state index is 13.4. The first kappa shape index (κ1) is 21.0. The molecule has 0 spiro atoms. The van der Waals surface area contributed by atoms with E-state index in [1.807, 2.05) is 37.3 Å². The predicted molar refractivity (Wildman–Crippen MR) is 121 cm³/mol. The number of quaternary nitrogens is 2. The summed E-state index contributed by atoms with van der Waals surface area (Å²) in [7, 11) is 0. The van der Waals surface area contributed by atoms with Crippen LogP contribution < -0.4 is 15.1 Å². The van der Waals surface area contributed by atoms with E-state index in [9.17, 15) is 9.59 Å². The summed E-state index contributed by atoms with van der Waals surface area (Å²) in [6.07, 6.45) is 4.98. The van der Waals surface area contributed by atoms with Crippen LogP contribution in [0.5, 0.6) is 0 Å². The van der Waals surface area contributed by atoms with Crippen LogP contribution in [0.3, 0.4) is 0 Å². The monoisotopic (exact) mass is 425 g/mol. The van der Waals surface area contributed by atoms with E-state index in [1.165, 1.54) is 14.7 Å². The van der Waals surface area contributed by atoms with Crippen molar-refractivity contribution < 1.29 is 19.4 Å². The largest absolute Gasteiger partial charge is 0.322 e. The van der Waals surface area contributed by atoms with Crippen LogP contribution in [0.4, 0.5) is 5.00 Å². The third-order valence-electron chi connectivity index (χ3n) is 6.30. The topological polar surface area (TPSA) is 55.1 Å². The zero-order valence-electron chi connectivity index (χ0n) is 17.7. The SMILES string of the molecule is C=CC[NH+]1CC[NH+](CC(=O)Nc2sc3c(c2C(=O)c2ccccc2C)CCC3)CC1. The van der Waals surface area contributed by atoms with Crippen molar-refractivity contribution >= 4 is 28.0 Å². The van der Waals surface area contributed by atoms with Gasteiger partial charge in [0.25, 0.3) is 5.91 Å². The number of aryl methyl sites for hydroxylation is 2. The number of fused-ring (bicyclic) bond motifs is 1. The predicted octanol–water partition coefficient (Wildman–Crippen LogP) is 0.684. The second-order valence-electron chi connectivity index (χ2n) is 8.42. The van der Waals surface area contributed by atoms with E-state index in [0.29, 0.717) is 6.54 Å². The van der Waals surface area contributed by atoms with Gasteiger partial charge in [0.1, 0.15) is 31.2 Å². The molecule has 2 aliphatic rings. The molecule has 1 fully saturated rings. The molecule has 1 aromatic carbocycles. The Morgan fingerprint density at radius 2 is 1.87 bits per heavy atom. The molecule has 0 saturated carbocycles. The first-order valence-electron chi connectivity index (χ1n) is 10.9. The second-order valence-corrected chi connectivity index (χ2v) is 9.53. The van der Waals surface area contributed by atoms with Crippen LogP contribution in [0, 0.1) is 6.92 Å². The van der Waals surface area contributed by atoms with E-state index in [4.69, 9.17) is 0 Å². The molecule has 3 N–H and O–H groups in total. The fourth-order valence-corrected chi connectivity index (χ4v) is 5.94. The summed E-state index contributed by atoms with van der Waals surface area (Å²) < 4.78 is 0. The minimum atomic E-state index is 0.0101. The number of piperazine rings is 1. The molecule has 158 valence electrons. The first-order valence-corrected chi connectivity index (χ1v) is 11.7. The highest BCUT2D eigenvalue weighted by molar-refractivity contribution is 7.17. The molecule has 0 radical (unpaired) electrons. The van der Waals surface area contributed by atoms with Gasteiger partial charge in [-0.3, -0.25) is 9.59 Å². The standard InChI is InChI=1S/C24H29N3O2S/c1-3-11-26-12-14-27(15-13-26)16-21(28)25-24-22(19-9-6-10-20(19)30-24)23(29)18-8-5-4-7-17(18)2/h3-5,7-8H,1,6,9-16H2,2H3,(H,25,28)/p+2. The number of carbonyl (C=O) groups is 2. The molecule has 30 heavy (non-hydrogen) atoms. The van der Waals surface area contributed by atoms with Gasteiger partial charge in [0, 0.05) is 10.4 Å². The maximum absolute atomic E-state index is 13.4. The summed E-state index contributed by atoms with van der Waals surface area (Å²) >= 11 is 1.60. The van der Waals surface area contributed by atoms with Crippen molar-refractivity contribution in [2.45, 2.75) is 26.2 Å². The third kappa shape index (κ3) is 4.41. The van der Waals surface area contributed by atoms with Crippen molar-refractivity contribution in [1.29, 1.82) is 0 Å². The summed E-state index contributed by atoms with van der Waals surface area (Å²) in [6.45, 7) is 11.4. The van der Waals surface area contributed by atoms with Crippen LogP contribution in [0.25, 0.3) is 0 Å². The Labute approximate surface area is 182 Å². The molecular weight excluding hydrogens is 394 g/mol. The molecule has 1 saturated heterocycles. The van der Waals surface area contributed by atoms with Crippen molar-refractivity contribution in [2.75, 3.05) is 44.6 Å². The van der Waals surface area contributed by atoms with E-state index in [0.717, 1.165) is 79.2 Å². The minimum absolute atomic E-state index is 0.0101. The van der Waals surface area contributed by atoms with Gasteiger partial charge in [0.05, 0.1) is 12.1 Å². The highest BCUT2D eigenvalue weighted by atomic mass is 32.1. The van der Waals surface area contributed by atoms with Crippen molar-refractivity contribution in [1.82, 2.24) is 0 Å². The first-order chi connectivity index (χ1) is 14.6. The number of benzene rings is 1. The van der Waals surface area contributed by atoms with Gasteiger partial charge >= 0.3 is 0 Å². The number of ketones is 1. The van der Waals surface area contributed by atoms with Gasteiger partial charge in [-0.25, -0.2) is 0 Å². The lowest BCUT2D eigenvalue weighted by Crippen LogP contribution is -3.28. The van der Waals surface area contributed by atoms with Crippen LogP contribution in [0.1, 0.15) is 38.3 Å². The molecule has 0 unspecified atom stereocenters. The molecule has 1 aliphatic heterocycles. The number of hydrogen-bond acceptors (Lipinski definition) is 3. The summed E-state index contributed by atoms with van der Waals surface area (Å²) in [5.41, 5.74) is 3.58. The molecule has 5 nitrogen and oxygen atoms in total. The van der Waals surface area contributed by atoms with E-state index >= 15 is 0 Å². The molecule has 0 atom stereocenters. The van der Waals surface area contributed by atoms with Crippen molar-refractivity contribution in [3.63, 3.8) is 0 Å². The van der Waals surface area contributed by atoms with Gasteiger partial charge in [0.15, 0.2) is 12.3 Å². The third-order valence-corrected chi connectivity index (χ3v) is 7.51. The number of anilines is 1. The van der Waals surface area contributed by atoms with E-state index in [-0.39, 0.29) is 11.7 Å². The smallest absolute Gasteiger partial charge is 0.280 e. The molecule has 6 heteroatoms. The number of nitrogens with one attached hydrogen (secondary N) is 3. The molecule has 0 bridgehead atoms. The summed E-state index contributed by atoms with van der Waals surface area (Å²) in [6, 6.07) is 7.71. The number of amides is 1. The van der Waals surface area contributed by atoms with Crippen LogP contribution in [-0.4, -0.2) is 51.0 Å². The van der Waals surface area contributed by atoms with Crippen molar-refractivity contribution in [2.24, 2.45) is 0 Å². The Kier molecular flexibility index (Phi) is 6.46. The average molecular weight is 426 g/mol. The van der Waals surface area contributed by atoms with Crippen molar-refractivity contribution in [3.8, 4) is 0 Å². The molecule has 1 aliphatic carbocycles. The molecule has 2 heterocycles. The quantitative estimate of drug-likeness (QED) is 0.452. The lowest BCUT2D eigenvalue weighted by molar-refractivity contribution is -1.01. The summed E-state index contributed by atoms with van der Waals surface area (Å²) in [4.78, 5) is 30.4. The van der Waals surface area contributed by atoms with Crippen LogP contribution in [0.15, 0.2) is 36.9 Å². The Balaban J connectivity index is 1.48. The highest BCUT2D eigenvalue weighted by Gasteiger charge is 2.30. The average Bonchev–Trinajstić information content (AvgIpc) is 3.30. The van der Waals surface area contributed by atoms with Gasteiger partial charge in [-0.1, -0.05) is 30.8 Å². The van der Waals surface area contributed by atoms with Gasteiger partial charge in [-0.15, -0.1) is 11.3 Å². The van der Waals surface area contributed by atoms with E-state index in [2.05, 4.69) is 11.9 Å². The Morgan fingerprint density at radius 1 is 1.13 bits per heavy atom. The summed E-state index contributed by atoms with van der Waals surface area (Å²) in [5.74, 6) is 0.0488. The van der Waals surface area contributed by atoms with Gasteiger partial charge in [0.2, 0.25) is 0 Å². The number of hydrogen-bond donors (Lipinski definition) is 3. The number of rotatable bonds is 7. The Hall–Kier alpha value is -2.28. The van der Waals surface area contributed by atoms with E-state index in [1.54, 1.807) is 11.3 Å². The zero-order valence-corrected chi connectivity index (χ0v) is 18.5. The fraction of sp³-hybridized carbons (Fsp3) is 0.417. The lowest BCUT2D eigenvalue weighted by Gasteiger charge is -2.28.